The second kappa shape index (κ2) is 5.56. The van der Waals surface area contributed by atoms with Crippen LogP contribution < -0.4 is 5.73 Å². The van der Waals surface area contributed by atoms with E-state index < -0.39 is 0 Å². The molecule has 1 atom stereocenters. The fraction of sp³-hybridized carbons (Fsp3) is 0.778. The fourth-order valence-electron chi connectivity index (χ4n) is 1.50. The van der Waals surface area contributed by atoms with E-state index in [4.69, 9.17) is 18.0 Å². The summed E-state index contributed by atoms with van der Waals surface area (Å²) in [5.74, 6) is 1.91. The van der Waals surface area contributed by atoms with Gasteiger partial charge in [0, 0.05) is 24.6 Å². The number of rotatable bonds is 3. The highest BCUT2D eigenvalue weighted by atomic mass is 32.2. The van der Waals surface area contributed by atoms with E-state index in [1.54, 1.807) is 0 Å². The van der Waals surface area contributed by atoms with Gasteiger partial charge in [0.1, 0.15) is 0 Å². The predicted molar refractivity (Wildman–Crippen MR) is 64.5 cm³/mol. The minimum atomic E-state index is -0.256. The summed E-state index contributed by atoms with van der Waals surface area (Å²) < 4.78 is 0. The molecule has 0 aromatic carbocycles. The van der Waals surface area contributed by atoms with Crippen molar-refractivity contribution in [3.05, 3.63) is 0 Å². The molecule has 1 fully saturated rings. The summed E-state index contributed by atoms with van der Waals surface area (Å²) in [6.45, 7) is 3.62. The lowest BCUT2D eigenvalue weighted by Crippen LogP contribution is -2.44. The molecule has 5 heteroatoms. The second-order valence-corrected chi connectivity index (χ2v) is 5.00. The molecule has 14 heavy (non-hydrogen) atoms. The second-order valence-electron chi connectivity index (χ2n) is 3.30. The van der Waals surface area contributed by atoms with E-state index in [0.29, 0.717) is 11.4 Å². The van der Waals surface area contributed by atoms with Crippen LogP contribution in [0.15, 0.2) is 0 Å². The molecule has 0 aromatic rings. The van der Waals surface area contributed by atoms with Crippen molar-refractivity contribution in [3.63, 3.8) is 0 Å². The molecule has 1 heterocycles. The smallest absolute Gasteiger partial charge is 0.232 e. The minimum absolute atomic E-state index is 0.111. The summed E-state index contributed by atoms with van der Waals surface area (Å²) in [5.41, 5.74) is 5.53. The number of carbonyl (C=O) groups is 1. The predicted octanol–water partition coefficient (Wildman–Crippen LogP) is 0.874. The topological polar surface area (TPSA) is 46.3 Å². The van der Waals surface area contributed by atoms with Crippen LogP contribution in [-0.4, -0.2) is 40.4 Å². The van der Waals surface area contributed by atoms with Gasteiger partial charge >= 0.3 is 0 Å². The zero-order chi connectivity index (χ0) is 10.6. The first-order valence-corrected chi connectivity index (χ1v) is 6.39. The van der Waals surface area contributed by atoms with Gasteiger partial charge in [0.25, 0.3) is 0 Å². The third-order valence-electron chi connectivity index (χ3n) is 2.37. The first-order valence-electron chi connectivity index (χ1n) is 4.82. The van der Waals surface area contributed by atoms with Crippen LogP contribution in [0.1, 0.15) is 13.3 Å². The molecule has 2 N–H and O–H groups in total. The van der Waals surface area contributed by atoms with E-state index in [9.17, 15) is 4.79 Å². The molecule has 1 saturated heterocycles. The first-order chi connectivity index (χ1) is 6.66. The molecule has 1 unspecified atom stereocenters. The van der Waals surface area contributed by atoms with Crippen LogP contribution in [0.3, 0.4) is 0 Å². The molecule has 1 aliphatic rings. The van der Waals surface area contributed by atoms with Crippen LogP contribution in [-0.2, 0) is 4.79 Å². The standard InChI is InChI=1S/C9H16N2OS2/c1-2-7(8(10)13)9(12)11-3-5-14-6-4-11/h7H,2-6H2,1H3,(H2,10,13). The third kappa shape index (κ3) is 2.85. The number of hydrogen-bond donors (Lipinski definition) is 1. The summed E-state index contributed by atoms with van der Waals surface area (Å²) in [6, 6.07) is 0. The lowest BCUT2D eigenvalue weighted by Gasteiger charge is -2.29. The lowest BCUT2D eigenvalue weighted by atomic mass is 10.1. The van der Waals surface area contributed by atoms with Gasteiger partial charge in [-0.15, -0.1) is 0 Å². The monoisotopic (exact) mass is 232 g/mol. The van der Waals surface area contributed by atoms with Crippen LogP contribution in [0.2, 0.25) is 0 Å². The molecule has 0 aliphatic carbocycles. The zero-order valence-electron chi connectivity index (χ0n) is 8.36. The first kappa shape index (κ1) is 11.8. The van der Waals surface area contributed by atoms with E-state index in [0.717, 1.165) is 24.6 Å². The number of nitrogens with zero attached hydrogens (tertiary/aromatic N) is 1. The van der Waals surface area contributed by atoms with E-state index in [2.05, 4.69) is 0 Å². The zero-order valence-corrected chi connectivity index (χ0v) is 10.00. The van der Waals surface area contributed by atoms with Crippen LogP contribution in [0.5, 0.6) is 0 Å². The summed E-state index contributed by atoms with van der Waals surface area (Å²) in [4.78, 5) is 14.1. The van der Waals surface area contributed by atoms with Gasteiger partial charge in [-0.25, -0.2) is 0 Å². The van der Waals surface area contributed by atoms with Gasteiger partial charge in [0.05, 0.1) is 10.9 Å². The summed E-state index contributed by atoms with van der Waals surface area (Å²) >= 11 is 6.77. The van der Waals surface area contributed by atoms with Crippen molar-refractivity contribution in [1.82, 2.24) is 4.90 Å². The maximum absolute atomic E-state index is 11.9. The molecular formula is C9H16N2OS2. The largest absolute Gasteiger partial charge is 0.393 e. The Balaban J connectivity index is 2.56. The molecule has 3 nitrogen and oxygen atoms in total. The van der Waals surface area contributed by atoms with Crippen molar-refractivity contribution in [2.24, 2.45) is 11.7 Å². The SMILES string of the molecule is CCC(C(=O)N1CCSCC1)C(N)=S. The van der Waals surface area contributed by atoms with E-state index in [1.165, 1.54) is 0 Å². The molecule has 1 amide bonds. The van der Waals surface area contributed by atoms with E-state index >= 15 is 0 Å². The van der Waals surface area contributed by atoms with Gasteiger partial charge in [0.15, 0.2) is 0 Å². The van der Waals surface area contributed by atoms with Crippen LogP contribution in [0.4, 0.5) is 0 Å². The molecule has 0 aromatic heterocycles. The van der Waals surface area contributed by atoms with Gasteiger partial charge in [0.2, 0.25) is 5.91 Å². The summed E-state index contributed by atoms with van der Waals surface area (Å²) in [7, 11) is 0. The van der Waals surface area contributed by atoms with Crippen LogP contribution in [0.25, 0.3) is 0 Å². The van der Waals surface area contributed by atoms with E-state index in [1.807, 2.05) is 23.6 Å². The van der Waals surface area contributed by atoms with Crippen molar-refractivity contribution >= 4 is 34.9 Å². The Hall–Kier alpha value is -0.290. The van der Waals surface area contributed by atoms with Crippen molar-refractivity contribution in [2.45, 2.75) is 13.3 Å². The van der Waals surface area contributed by atoms with Gasteiger partial charge in [-0.1, -0.05) is 19.1 Å². The Bertz CT molecular complexity index is 227. The maximum Gasteiger partial charge on any atom is 0.232 e. The van der Waals surface area contributed by atoms with Crippen LogP contribution >= 0.6 is 24.0 Å². The lowest BCUT2D eigenvalue weighted by molar-refractivity contribution is -0.133. The quantitative estimate of drug-likeness (QED) is 0.734. The Labute approximate surface area is 94.4 Å². The number of nitrogens with two attached hydrogens (primary N) is 1. The normalized spacial score (nSPS) is 19.1. The van der Waals surface area contributed by atoms with Gasteiger partial charge in [-0.3, -0.25) is 4.79 Å². The minimum Gasteiger partial charge on any atom is -0.393 e. The molecule has 0 radical (unpaired) electrons. The number of thiocarbonyl (C=S) groups is 1. The number of hydrogen-bond acceptors (Lipinski definition) is 3. The van der Waals surface area contributed by atoms with Crippen molar-refractivity contribution < 1.29 is 4.79 Å². The Morgan fingerprint density at radius 1 is 1.57 bits per heavy atom. The average molecular weight is 232 g/mol. The molecule has 0 saturated carbocycles. The van der Waals surface area contributed by atoms with Crippen LogP contribution in [0, 0.1) is 5.92 Å². The van der Waals surface area contributed by atoms with Crippen molar-refractivity contribution in [2.75, 3.05) is 24.6 Å². The Morgan fingerprint density at radius 2 is 2.14 bits per heavy atom. The average Bonchev–Trinajstić information content (AvgIpc) is 2.19. The molecule has 1 rings (SSSR count). The summed E-state index contributed by atoms with van der Waals surface area (Å²) in [6.07, 6.45) is 0.706. The highest BCUT2D eigenvalue weighted by Gasteiger charge is 2.25. The number of amides is 1. The molecular weight excluding hydrogens is 216 g/mol. The van der Waals surface area contributed by atoms with Crippen molar-refractivity contribution in [1.29, 1.82) is 0 Å². The van der Waals surface area contributed by atoms with Gasteiger partial charge in [-0.2, -0.15) is 11.8 Å². The van der Waals surface area contributed by atoms with Gasteiger partial charge < -0.3 is 10.6 Å². The van der Waals surface area contributed by atoms with Crippen molar-refractivity contribution in [3.8, 4) is 0 Å². The molecule has 0 bridgehead atoms. The highest BCUT2D eigenvalue weighted by molar-refractivity contribution is 7.99. The maximum atomic E-state index is 11.9. The van der Waals surface area contributed by atoms with Gasteiger partial charge in [-0.05, 0) is 6.42 Å². The summed E-state index contributed by atoms with van der Waals surface area (Å²) in [5, 5.41) is 0. The number of thioether (sulfide) groups is 1. The highest BCUT2D eigenvalue weighted by Crippen LogP contribution is 2.14. The Morgan fingerprint density at radius 3 is 2.57 bits per heavy atom. The number of carbonyl (C=O) groups excluding carboxylic acids is 1. The fourth-order valence-corrected chi connectivity index (χ4v) is 2.67. The molecule has 0 spiro atoms. The Kier molecular flexibility index (Phi) is 4.68. The molecule has 1 aliphatic heterocycles. The van der Waals surface area contributed by atoms with E-state index in [-0.39, 0.29) is 11.8 Å². The third-order valence-corrected chi connectivity index (χ3v) is 3.60. The molecule has 80 valence electrons.